The molecule has 1 aromatic rings. The summed E-state index contributed by atoms with van der Waals surface area (Å²) in [6, 6.07) is 5.48. The predicted octanol–water partition coefficient (Wildman–Crippen LogP) is 2.77. The van der Waals surface area contributed by atoms with Crippen LogP contribution in [0, 0.1) is 5.92 Å². The topological polar surface area (TPSA) is 38.3 Å². The first-order chi connectivity index (χ1) is 8.97. The zero-order valence-electron chi connectivity index (χ0n) is 10.2. The maximum Gasteiger partial charge on any atom is 0.573 e. The Labute approximate surface area is 108 Å². The van der Waals surface area contributed by atoms with Gasteiger partial charge in [0.1, 0.15) is 5.75 Å². The number of Topliss-reactive ketones (excluding diaryl/α,β-unsaturated/α-hetero) is 1. The molecule has 6 heteroatoms. The van der Waals surface area contributed by atoms with E-state index in [9.17, 15) is 18.0 Å². The Hall–Kier alpha value is -1.56. The highest BCUT2D eigenvalue weighted by Gasteiger charge is 2.33. The lowest BCUT2D eigenvalue weighted by Gasteiger charge is -2.22. The van der Waals surface area contributed by atoms with Crippen molar-refractivity contribution in [1.29, 1.82) is 0 Å². The minimum atomic E-state index is -4.79. The second-order valence-corrected chi connectivity index (χ2v) is 4.45. The third-order valence-electron chi connectivity index (χ3n) is 3.05. The third kappa shape index (κ3) is 3.70. The molecule has 0 spiro atoms. The van der Waals surface area contributed by atoms with E-state index in [1.54, 1.807) is 0 Å². The molecule has 1 heterocycles. The average Bonchev–Trinajstić information content (AvgIpc) is 2.38. The molecule has 0 aromatic heterocycles. The van der Waals surface area contributed by atoms with Gasteiger partial charge in [-0.05, 0) is 31.5 Å². The number of ketones is 1. The largest absolute Gasteiger partial charge is 0.573 e. The van der Waals surface area contributed by atoms with E-state index < -0.39 is 12.1 Å². The van der Waals surface area contributed by atoms with Gasteiger partial charge in [0.15, 0.2) is 5.78 Å². The number of carbonyl (C=O) groups excluding carboxylic acids is 1. The van der Waals surface area contributed by atoms with Gasteiger partial charge in [-0.1, -0.05) is 12.1 Å². The number of hydrogen-bond donors (Lipinski definition) is 1. The molecule has 1 atom stereocenters. The summed E-state index contributed by atoms with van der Waals surface area (Å²) in [5.41, 5.74) is -0.00600. The molecule has 1 unspecified atom stereocenters. The van der Waals surface area contributed by atoms with Crippen LogP contribution in [0.25, 0.3) is 0 Å². The SMILES string of the molecule is O=C(c1ccccc1OC(F)(F)F)C1CCCNC1. The molecule has 104 valence electrons. The average molecular weight is 273 g/mol. The van der Waals surface area contributed by atoms with Gasteiger partial charge in [-0.3, -0.25) is 4.79 Å². The summed E-state index contributed by atoms with van der Waals surface area (Å²) in [7, 11) is 0. The first kappa shape index (κ1) is 13.9. The van der Waals surface area contributed by atoms with Crippen LogP contribution in [0.3, 0.4) is 0 Å². The van der Waals surface area contributed by atoms with Crippen molar-refractivity contribution in [2.75, 3.05) is 13.1 Å². The lowest BCUT2D eigenvalue weighted by Crippen LogP contribution is -2.34. The number of nitrogens with one attached hydrogen (secondary N) is 1. The normalized spacial score (nSPS) is 20.1. The van der Waals surface area contributed by atoms with Gasteiger partial charge in [0.25, 0.3) is 0 Å². The molecule has 0 radical (unpaired) electrons. The van der Waals surface area contributed by atoms with Gasteiger partial charge in [0, 0.05) is 12.5 Å². The third-order valence-corrected chi connectivity index (χ3v) is 3.05. The standard InChI is InChI=1S/C13H14F3NO2/c14-13(15,16)19-11-6-2-1-5-10(11)12(18)9-4-3-7-17-8-9/h1-2,5-6,9,17H,3-4,7-8H2. The Balaban J connectivity index is 2.21. The molecule has 1 saturated heterocycles. The van der Waals surface area contributed by atoms with Gasteiger partial charge in [0.2, 0.25) is 0 Å². The van der Waals surface area contributed by atoms with E-state index in [1.807, 2.05) is 0 Å². The Morgan fingerprint density at radius 2 is 2.05 bits per heavy atom. The minimum Gasteiger partial charge on any atom is -0.405 e. The van der Waals surface area contributed by atoms with Crippen molar-refractivity contribution < 1.29 is 22.7 Å². The lowest BCUT2D eigenvalue weighted by molar-refractivity contribution is -0.274. The second-order valence-electron chi connectivity index (χ2n) is 4.45. The Kier molecular flexibility index (Phi) is 4.09. The fraction of sp³-hybridized carbons (Fsp3) is 0.462. The van der Waals surface area contributed by atoms with Crippen LogP contribution in [0.1, 0.15) is 23.2 Å². The van der Waals surface area contributed by atoms with Crippen LogP contribution < -0.4 is 10.1 Å². The molecule has 1 aliphatic heterocycles. The van der Waals surface area contributed by atoms with E-state index >= 15 is 0 Å². The maximum absolute atomic E-state index is 12.3. The van der Waals surface area contributed by atoms with Crippen LogP contribution in [0.4, 0.5) is 13.2 Å². The van der Waals surface area contributed by atoms with Crippen molar-refractivity contribution in [2.24, 2.45) is 5.92 Å². The number of para-hydroxylation sites is 1. The smallest absolute Gasteiger partial charge is 0.405 e. The number of carbonyl (C=O) groups is 1. The summed E-state index contributed by atoms with van der Waals surface area (Å²) in [5, 5.41) is 3.07. The number of hydrogen-bond acceptors (Lipinski definition) is 3. The molecule has 0 amide bonds. The summed E-state index contributed by atoms with van der Waals surface area (Å²) in [6.07, 6.45) is -3.26. The predicted molar refractivity (Wildman–Crippen MR) is 63.0 cm³/mol. The number of rotatable bonds is 3. The van der Waals surface area contributed by atoms with Gasteiger partial charge >= 0.3 is 6.36 Å². The number of halogens is 3. The number of piperidine rings is 1. The lowest BCUT2D eigenvalue weighted by atomic mass is 9.90. The first-order valence-corrected chi connectivity index (χ1v) is 6.07. The van der Waals surface area contributed by atoms with Gasteiger partial charge in [-0.2, -0.15) is 0 Å². The summed E-state index contributed by atoms with van der Waals surface area (Å²) >= 11 is 0. The molecule has 3 nitrogen and oxygen atoms in total. The first-order valence-electron chi connectivity index (χ1n) is 6.07. The quantitative estimate of drug-likeness (QED) is 0.861. The molecule has 1 aliphatic rings. The minimum absolute atomic E-state index is 0.00600. The molecule has 1 N–H and O–H groups in total. The van der Waals surface area contributed by atoms with E-state index in [4.69, 9.17) is 0 Å². The van der Waals surface area contributed by atoms with Crippen LogP contribution >= 0.6 is 0 Å². The van der Waals surface area contributed by atoms with Gasteiger partial charge in [-0.25, -0.2) is 0 Å². The van der Waals surface area contributed by atoms with Crippen molar-refractivity contribution in [1.82, 2.24) is 5.32 Å². The number of ether oxygens (including phenoxy) is 1. The maximum atomic E-state index is 12.3. The number of benzene rings is 1. The van der Waals surface area contributed by atoms with Crippen molar-refractivity contribution >= 4 is 5.78 Å². The Morgan fingerprint density at radius 1 is 1.32 bits per heavy atom. The fourth-order valence-electron chi connectivity index (χ4n) is 2.18. The molecule has 0 aliphatic carbocycles. The van der Waals surface area contributed by atoms with Crippen LogP contribution in [0.5, 0.6) is 5.75 Å². The molecule has 0 saturated carbocycles. The molecule has 2 rings (SSSR count). The zero-order valence-corrected chi connectivity index (χ0v) is 10.2. The highest BCUT2D eigenvalue weighted by molar-refractivity contribution is 6.00. The van der Waals surface area contributed by atoms with E-state index in [0.29, 0.717) is 13.0 Å². The molecular weight excluding hydrogens is 259 g/mol. The molecule has 1 aromatic carbocycles. The van der Waals surface area contributed by atoms with Crippen LogP contribution in [-0.2, 0) is 0 Å². The summed E-state index contributed by atoms with van der Waals surface area (Å²) in [5.74, 6) is -1.01. The molecule has 1 fully saturated rings. The van der Waals surface area contributed by atoms with E-state index in [1.165, 1.54) is 18.2 Å². The van der Waals surface area contributed by atoms with Crippen molar-refractivity contribution in [3.8, 4) is 5.75 Å². The molecule has 0 bridgehead atoms. The van der Waals surface area contributed by atoms with Crippen molar-refractivity contribution in [2.45, 2.75) is 19.2 Å². The zero-order chi connectivity index (χ0) is 13.9. The van der Waals surface area contributed by atoms with Crippen LogP contribution in [-0.4, -0.2) is 25.2 Å². The second kappa shape index (κ2) is 5.61. The Bertz CT molecular complexity index is 453. The van der Waals surface area contributed by atoms with Gasteiger partial charge in [0.05, 0.1) is 5.56 Å². The van der Waals surface area contributed by atoms with E-state index in [0.717, 1.165) is 19.0 Å². The van der Waals surface area contributed by atoms with Gasteiger partial charge < -0.3 is 10.1 Å². The van der Waals surface area contributed by atoms with E-state index in [-0.39, 0.29) is 17.3 Å². The summed E-state index contributed by atoms with van der Waals surface area (Å²) in [6.45, 7) is 1.34. The highest BCUT2D eigenvalue weighted by Crippen LogP contribution is 2.29. The Morgan fingerprint density at radius 3 is 2.68 bits per heavy atom. The summed E-state index contributed by atoms with van der Waals surface area (Å²) in [4.78, 5) is 12.2. The van der Waals surface area contributed by atoms with E-state index in [2.05, 4.69) is 10.1 Å². The molecule has 19 heavy (non-hydrogen) atoms. The van der Waals surface area contributed by atoms with Crippen LogP contribution in [0.2, 0.25) is 0 Å². The monoisotopic (exact) mass is 273 g/mol. The fourth-order valence-corrected chi connectivity index (χ4v) is 2.18. The summed E-state index contributed by atoms with van der Waals surface area (Å²) < 4.78 is 40.7. The molecular formula is C13H14F3NO2. The van der Waals surface area contributed by atoms with Crippen molar-refractivity contribution in [3.05, 3.63) is 29.8 Å². The number of alkyl halides is 3. The van der Waals surface area contributed by atoms with Crippen LogP contribution in [0.15, 0.2) is 24.3 Å². The van der Waals surface area contributed by atoms with Crippen molar-refractivity contribution in [3.63, 3.8) is 0 Å². The highest BCUT2D eigenvalue weighted by atomic mass is 19.4. The van der Waals surface area contributed by atoms with Gasteiger partial charge in [-0.15, -0.1) is 13.2 Å².